The van der Waals surface area contributed by atoms with Gasteiger partial charge in [-0.15, -0.1) is 0 Å². The van der Waals surface area contributed by atoms with E-state index in [-0.39, 0.29) is 11.1 Å². The van der Waals surface area contributed by atoms with Crippen molar-refractivity contribution in [3.63, 3.8) is 0 Å². The molecule has 2 aromatic rings. The van der Waals surface area contributed by atoms with E-state index in [0.29, 0.717) is 12.8 Å². The van der Waals surface area contributed by atoms with Gasteiger partial charge >= 0.3 is 0 Å². The molecule has 3 amide bonds. The maximum atomic E-state index is 13.5. The number of nitro groups is 1. The standard InChI is InChI=1S/C23H20BrN3O6/c24-15-11-9-14(10-12-15)20(28)13-25(21(29)18-7-3-4-8-19(18)27(32)33)26-22(30)16-5-1-2-6-17(16)23(26)31/h3-4,7-12,16-17H,1-2,5-6,13H2/t16-,17-/m0/s1. The van der Waals surface area contributed by atoms with Crippen LogP contribution in [-0.4, -0.2) is 45.0 Å². The summed E-state index contributed by atoms with van der Waals surface area (Å²) in [5, 5.41) is 13.0. The lowest BCUT2D eigenvalue weighted by molar-refractivity contribution is -0.385. The number of halogens is 1. The molecule has 0 N–H and O–H groups in total. The maximum absolute atomic E-state index is 13.5. The van der Waals surface area contributed by atoms with Gasteiger partial charge in [-0.1, -0.05) is 53.0 Å². The van der Waals surface area contributed by atoms with Crippen LogP contribution < -0.4 is 0 Å². The lowest BCUT2D eigenvalue weighted by atomic mass is 9.81. The number of hydrazine groups is 1. The van der Waals surface area contributed by atoms with Gasteiger partial charge in [0, 0.05) is 16.1 Å². The highest BCUT2D eigenvalue weighted by atomic mass is 79.9. The van der Waals surface area contributed by atoms with Gasteiger partial charge in [-0.3, -0.25) is 29.3 Å². The number of fused-ring (bicyclic) bond motifs is 1. The second-order valence-corrected chi connectivity index (χ2v) is 8.97. The molecule has 0 aromatic heterocycles. The first kappa shape index (κ1) is 22.8. The molecule has 1 aliphatic carbocycles. The monoisotopic (exact) mass is 513 g/mol. The number of rotatable bonds is 6. The summed E-state index contributed by atoms with van der Waals surface area (Å²) in [6.07, 6.45) is 2.65. The van der Waals surface area contributed by atoms with E-state index >= 15 is 0 Å². The number of benzene rings is 2. The van der Waals surface area contributed by atoms with Crippen molar-refractivity contribution in [3.8, 4) is 0 Å². The van der Waals surface area contributed by atoms with Gasteiger partial charge in [0.25, 0.3) is 23.4 Å². The van der Waals surface area contributed by atoms with Crippen molar-refractivity contribution in [2.75, 3.05) is 6.54 Å². The SMILES string of the molecule is O=C(CN(C(=O)c1ccccc1[N+](=O)[O-])N1C(=O)[C@H]2CCCC[C@@H]2C1=O)c1ccc(Br)cc1. The Morgan fingerprint density at radius 2 is 1.58 bits per heavy atom. The van der Waals surface area contributed by atoms with Gasteiger partial charge in [-0.2, -0.15) is 5.01 Å². The molecule has 170 valence electrons. The highest BCUT2D eigenvalue weighted by molar-refractivity contribution is 9.10. The smallest absolute Gasteiger partial charge is 0.282 e. The van der Waals surface area contributed by atoms with E-state index < -0.39 is 52.5 Å². The number of ketones is 1. The second kappa shape index (κ2) is 9.22. The molecule has 2 aromatic carbocycles. The molecule has 1 saturated carbocycles. The average molecular weight is 514 g/mol. The third-order valence-corrected chi connectivity index (χ3v) is 6.61. The lowest BCUT2D eigenvalue weighted by Crippen LogP contribution is -2.52. The zero-order chi connectivity index (χ0) is 23.7. The van der Waals surface area contributed by atoms with Crippen LogP contribution >= 0.6 is 15.9 Å². The van der Waals surface area contributed by atoms with Crippen molar-refractivity contribution >= 4 is 45.1 Å². The number of amides is 3. The zero-order valence-corrected chi connectivity index (χ0v) is 19.1. The quantitative estimate of drug-likeness (QED) is 0.251. The summed E-state index contributed by atoms with van der Waals surface area (Å²) in [6.45, 7) is -0.608. The number of para-hydroxylation sites is 1. The van der Waals surface area contributed by atoms with Gasteiger partial charge in [-0.05, 0) is 31.0 Å². The summed E-state index contributed by atoms with van der Waals surface area (Å²) >= 11 is 3.29. The fourth-order valence-electron chi connectivity index (χ4n) is 4.43. The summed E-state index contributed by atoms with van der Waals surface area (Å²) in [5.41, 5.74) is -0.503. The molecule has 0 bridgehead atoms. The molecule has 9 nitrogen and oxygen atoms in total. The molecule has 1 saturated heterocycles. The molecule has 2 fully saturated rings. The summed E-state index contributed by atoms with van der Waals surface area (Å²) in [7, 11) is 0. The Bertz CT molecular complexity index is 1130. The summed E-state index contributed by atoms with van der Waals surface area (Å²) in [5.74, 6) is -3.64. The minimum atomic E-state index is -0.951. The van der Waals surface area contributed by atoms with Crippen molar-refractivity contribution in [2.24, 2.45) is 11.8 Å². The Balaban J connectivity index is 1.74. The molecule has 2 atom stereocenters. The van der Waals surface area contributed by atoms with Gasteiger partial charge in [0.15, 0.2) is 5.78 Å². The number of nitrogens with zero attached hydrogens (tertiary/aromatic N) is 3. The first-order valence-corrected chi connectivity index (χ1v) is 11.3. The number of Topliss-reactive ketones (excluding diaryl/α,β-unsaturated/α-hetero) is 1. The van der Waals surface area contributed by atoms with Crippen LogP contribution in [0.1, 0.15) is 46.4 Å². The lowest BCUT2D eigenvalue weighted by Gasteiger charge is -2.30. The normalized spacial score (nSPS) is 19.8. The number of carbonyl (C=O) groups is 4. The largest absolute Gasteiger partial charge is 0.292 e. The topological polar surface area (TPSA) is 118 Å². The molecule has 0 spiro atoms. The van der Waals surface area contributed by atoms with Gasteiger partial charge in [-0.25, -0.2) is 5.01 Å². The second-order valence-electron chi connectivity index (χ2n) is 8.05. The van der Waals surface area contributed by atoms with Crippen LogP contribution in [-0.2, 0) is 9.59 Å². The Morgan fingerprint density at radius 3 is 2.15 bits per heavy atom. The molecule has 4 rings (SSSR count). The van der Waals surface area contributed by atoms with Gasteiger partial charge in [0.2, 0.25) is 0 Å². The Labute approximate surface area is 197 Å². The van der Waals surface area contributed by atoms with Gasteiger partial charge in [0.05, 0.1) is 16.8 Å². The minimum absolute atomic E-state index is 0.273. The van der Waals surface area contributed by atoms with E-state index in [9.17, 15) is 29.3 Å². The Morgan fingerprint density at radius 1 is 1.00 bits per heavy atom. The molecule has 1 aliphatic heterocycles. The van der Waals surface area contributed by atoms with Crippen molar-refractivity contribution in [3.05, 3.63) is 74.2 Å². The highest BCUT2D eigenvalue weighted by Crippen LogP contribution is 2.39. The van der Waals surface area contributed by atoms with E-state index in [1.165, 1.54) is 18.2 Å². The van der Waals surface area contributed by atoms with Crippen LogP contribution in [0.3, 0.4) is 0 Å². The minimum Gasteiger partial charge on any atom is -0.292 e. The molecule has 1 heterocycles. The molecule has 33 heavy (non-hydrogen) atoms. The molecule has 0 unspecified atom stereocenters. The number of hydrogen-bond acceptors (Lipinski definition) is 6. The van der Waals surface area contributed by atoms with E-state index in [1.807, 2.05) is 0 Å². The number of hydrogen-bond donors (Lipinski definition) is 0. The Hall–Kier alpha value is -3.40. The van der Waals surface area contributed by atoms with E-state index in [1.54, 1.807) is 24.3 Å². The number of imide groups is 1. The number of nitro benzene ring substituents is 1. The first-order valence-electron chi connectivity index (χ1n) is 10.5. The highest BCUT2D eigenvalue weighted by Gasteiger charge is 2.52. The molecular formula is C23H20BrN3O6. The predicted molar refractivity (Wildman–Crippen MR) is 120 cm³/mol. The van der Waals surface area contributed by atoms with Crippen LogP contribution in [0, 0.1) is 22.0 Å². The molecule has 0 radical (unpaired) electrons. The van der Waals surface area contributed by atoms with Crippen molar-refractivity contribution in [1.29, 1.82) is 0 Å². The summed E-state index contributed by atoms with van der Waals surface area (Å²) in [6, 6.07) is 11.7. The number of carbonyl (C=O) groups excluding carboxylic acids is 4. The molecule has 10 heteroatoms. The third kappa shape index (κ3) is 4.30. The van der Waals surface area contributed by atoms with Crippen LogP contribution in [0.4, 0.5) is 5.69 Å². The van der Waals surface area contributed by atoms with E-state index in [0.717, 1.165) is 33.4 Å². The average Bonchev–Trinajstić information content (AvgIpc) is 3.07. The van der Waals surface area contributed by atoms with Crippen LogP contribution in [0.2, 0.25) is 0 Å². The fraction of sp³-hybridized carbons (Fsp3) is 0.304. The van der Waals surface area contributed by atoms with Crippen LogP contribution in [0.5, 0.6) is 0 Å². The first-order chi connectivity index (χ1) is 15.8. The van der Waals surface area contributed by atoms with Crippen LogP contribution in [0.15, 0.2) is 53.0 Å². The van der Waals surface area contributed by atoms with Crippen LogP contribution in [0.25, 0.3) is 0 Å². The van der Waals surface area contributed by atoms with E-state index in [2.05, 4.69) is 15.9 Å². The van der Waals surface area contributed by atoms with E-state index in [4.69, 9.17) is 0 Å². The zero-order valence-electron chi connectivity index (χ0n) is 17.5. The summed E-state index contributed by atoms with van der Waals surface area (Å²) < 4.78 is 0.751. The Kier molecular flexibility index (Phi) is 6.37. The van der Waals surface area contributed by atoms with Crippen molar-refractivity contribution in [2.45, 2.75) is 25.7 Å². The maximum Gasteiger partial charge on any atom is 0.282 e. The third-order valence-electron chi connectivity index (χ3n) is 6.08. The van der Waals surface area contributed by atoms with Crippen molar-refractivity contribution in [1.82, 2.24) is 10.0 Å². The predicted octanol–water partition coefficient (Wildman–Crippen LogP) is 3.77. The molecular weight excluding hydrogens is 494 g/mol. The van der Waals surface area contributed by atoms with Gasteiger partial charge in [0.1, 0.15) is 12.1 Å². The summed E-state index contributed by atoms with van der Waals surface area (Å²) in [4.78, 5) is 63.6. The van der Waals surface area contributed by atoms with Gasteiger partial charge < -0.3 is 0 Å². The van der Waals surface area contributed by atoms with Crippen molar-refractivity contribution < 1.29 is 24.1 Å². The molecule has 2 aliphatic rings. The fourth-order valence-corrected chi connectivity index (χ4v) is 4.70.